The van der Waals surface area contributed by atoms with Gasteiger partial charge in [0.2, 0.25) is 0 Å². The summed E-state index contributed by atoms with van der Waals surface area (Å²) in [4.78, 5) is 17.0. The van der Waals surface area contributed by atoms with Crippen LogP contribution in [0.3, 0.4) is 0 Å². The summed E-state index contributed by atoms with van der Waals surface area (Å²) in [6.45, 7) is 2.54. The lowest BCUT2D eigenvalue weighted by molar-refractivity contribution is -0.115. The van der Waals surface area contributed by atoms with Crippen molar-refractivity contribution in [2.24, 2.45) is 4.99 Å². The van der Waals surface area contributed by atoms with E-state index >= 15 is 0 Å². The minimum absolute atomic E-state index is 0.0568. The number of ether oxygens (including phenoxy) is 2. The van der Waals surface area contributed by atoms with Crippen molar-refractivity contribution in [2.45, 2.75) is 18.4 Å². The smallest absolute Gasteiger partial charge is 0.263 e. The van der Waals surface area contributed by atoms with Crippen LogP contribution in [0.2, 0.25) is 0 Å². The van der Waals surface area contributed by atoms with Gasteiger partial charge in [-0.15, -0.1) is 0 Å². The van der Waals surface area contributed by atoms with E-state index < -0.39 is 21.5 Å². The van der Waals surface area contributed by atoms with E-state index in [0.717, 1.165) is 10.2 Å². The fourth-order valence-electron chi connectivity index (χ4n) is 2.74. The molecule has 1 heterocycles. The summed E-state index contributed by atoms with van der Waals surface area (Å²) < 4.78 is 38.0. The van der Waals surface area contributed by atoms with Crippen LogP contribution >= 0.6 is 11.3 Å². The molecule has 0 N–H and O–H groups in total. The van der Waals surface area contributed by atoms with Gasteiger partial charge < -0.3 is 14.0 Å². The molecule has 3 aromatic rings. The zero-order valence-corrected chi connectivity index (χ0v) is 17.3. The molecule has 7 nitrogen and oxygen atoms in total. The number of carbonyl (C=O) groups is 1. The summed E-state index contributed by atoms with van der Waals surface area (Å²) in [5.74, 6) is -0.159. The normalized spacial score (nSPS) is 12.3. The molecule has 3 rings (SSSR count). The highest BCUT2D eigenvalue weighted by atomic mass is 32.2. The quantitative estimate of drug-likeness (QED) is 0.612. The van der Waals surface area contributed by atoms with Gasteiger partial charge in [0.05, 0.1) is 29.3 Å². The summed E-state index contributed by atoms with van der Waals surface area (Å²) in [6.07, 6.45) is 0. The number of amides is 1. The van der Waals surface area contributed by atoms with Gasteiger partial charge in [0.1, 0.15) is 17.3 Å². The minimum Gasteiger partial charge on any atom is -0.497 e. The number of carbonyl (C=O) groups excluding carboxylic acids is 1. The number of sulfone groups is 1. The number of aromatic nitrogens is 1. The van der Waals surface area contributed by atoms with Crippen LogP contribution in [0.25, 0.3) is 10.2 Å². The van der Waals surface area contributed by atoms with E-state index in [2.05, 4.69) is 4.99 Å². The molecular weight excluding hydrogens is 400 g/mol. The van der Waals surface area contributed by atoms with Crippen molar-refractivity contribution in [1.82, 2.24) is 4.57 Å². The third-order valence-corrected chi connectivity index (χ3v) is 6.82. The predicted octanol–water partition coefficient (Wildman–Crippen LogP) is 2.64. The van der Waals surface area contributed by atoms with Crippen molar-refractivity contribution >= 4 is 37.3 Å². The zero-order chi connectivity index (χ0) is 20.3. The minimum atomic E-state index is -3.79. The third kappa shape index (κ3) is 4.10. The Bertz CT molecular complexity index is 1180. The monoisotopic (exact) mass is 420 g/mol. The van der Waals surface area contributed by atoms with Gasteiger partial charge in [-0.25, -0.2) is 8.42 Å². The number of hydrogen-bond donors (Lipinski definition) is 0. The van der Waals surface area contributed by atoms with Crippen LogP contribution in [0, 0.1) is 0 Å². The Balaban J connectivity index is 1.93. The first-order chi connectivity index (χ1) is 13.4. The molecule has 1 aromatic heterocycles. The molecule has 0 atom stereocenters. The van der Waals surface area contributed by atoms with E-state index in [4.69, 9.17) is 9.47 Å². The van der Waals surface area contributed by atoms with Crippen LogP contribution in [0.5, 0.6) is 11.5 Å². The van der Waals surface area contributed by atoms with Crippen molar-refractivity contribution in [3.63, 3.8) is 0 Å². The fraction of sp³-hybridized carbons (Fsp3) is 0.263. The molecule has 0 aliphatic heterocycles. The standard InChI is InChI=1S/C19H20N2O5S2/c1-4-21-16-10-7-14(26-3)11-17(16)27-19(21)20-18(22)12-28(23,24)15-8-5-13(25-2)6-9-15/h5-11H,4,12H2,1-3H3. The Labute approximate surface area is 166 Å². The first-order valence-corrected chi connectivity index (χ1v) is 11.0. The van der Waals surface area contributed by atoms with Crippen LogP contribution in [0.4, 0.5) is 0 Å². The van der Waals surface area contributed by atoms with Crippen LogP contribution in [0.15, 0.2) is 52.4 Å². The maximum absolute atomic E-state index is 12.5. The molecule has 0 fully saturated rings. The largest absolute Gasteiger partial charge is 0.497 e. The summed E-state index contributed by atoms with van der Waals surface area (Å²) in [6, 6.07) is 11.5. The summed E-state index contributed by atoms with van der Waals surface area (Å²) >= 11 is 1.32. The predicted molar refractivity (Wildman–Crippen MR) is 108 cm³/mol. The average Bonchev–Trinajstić information content (AvgIpc) is 3.03. The number of fused-ring (bicyclic) bond motifs is 1. The maximum Gasteiger partial charge on any atom is 0.263 e. The molecule has 0 unspecified atom stereocenters. The number of methoxy groups -OCH3 is 2. The molecule has 1 amide bonds. The van der Waals surface area contributed by atoms with Crippen molar-refractivity contribution in [2.75, 3.05) is 20.0 Å². The molecule has 0 bridgehead atoms. The number of aryl methyl sites for hydroxylation is 1. The van der Waals surface area contributed by atoms with E-state index in [1.807, 2.05) is 29.7 Å². The average molecular weight is 421 g/mol. The molecule has 0 aliphatic rings. The second-order valence-electron chi connectivity index (χ2n) is 5.90. The molecule has 148 valence electrons. The van der Waals surface area contributed by atoms with E-state index in [1.165, 1.54) is 30.6 Å². The number of rotatable bonds is 6. The maximum atomic E-state index is 12.5. The van der Waals surface area contributed by atoms with Crippen molar-refractivity contribution < 1.29 is 22.7 Å². The van der Waals surface area contributed by atoms with Crippen LogP contribution in [-0.4, -0.2) is 38.9 Å². The van der Waals surface area contributed by atoms with E-state index in [0.29, 0.717) is 22.8 Å². The van der Waals surface area contributed by atoms with Crippen LogP contribution in [0.1, 0.15) is 6.92 Å². The van der Waals surface area contributed by atoms with Gasteiger partial charge >= 0.3 is 0 Å². The number of benzene rings is 2. The highest BCUT2D eigenvalue weighted by Crippen LogP contribution is 2.23. The van der Waals surface area contributed by atoms with Crippen molar-refractivity contribution in [1.29, 1.82) is 0 Å². The summed E-state index contributed by atoms with van der Waals surface area (Å²) in [5, 5.41) is 0. The van der Waals surface area contributed by atoms with Crippen LogP contribution < -0.4 is 14.3 Å². The van der Waals surface area contributed by atoms with Gasteiger partial charge in [-0.1, -0.05) is 11.3 Å². The van der Waals surface area contributed by atoms with E-state index in [9.17, 15) is 13.2 Å². The van der Waals surface area contributed by atoms with Crippen molar-refractivity contribution in [3.05, 3.63) is 47.3 Å². The topological polar surface area (TPSA) is 87.0 Å². The number of nitrogens with zero attached hydrogens (tertiary/aromatic N) is 2. The molecule has 0 radical (unpaired) electrons. The van der Waals surface area contributed by atoms with E-state index in [1.54, 1.807) is 19.2 Å². The molecule has 0 saturated heterocycles. The molecular formula is C19H20N2O5S2. The van der Waals surface area contributed by atoms with Crippen molar-refractivity contribution in [3.8, 4) is 11.5 Å². The third-order valence-electron chi connectivity index (χ3n) is 4.16. The second kappa shape index (κ2) is 8.15. The number of hydrogen-bond acceptors (Lipinski definition) is 6. The Morgan fingerprint density at radius 2 is 1.71 bits per heavy atom. The lowest BCUT2D eigenvalue weighted by atomic mass is 10.3. The van der Waals surface area contributed by atoms with Gasteiger partial charge in [0, 0.05) is 6.54 Å². The molecule has 0 aliphatic carbocycles. The van der Waals surface area contributed by atoms with E-state index in [-0.39, 0.29) is 4.90 Å². The lowest BCUT2D eigenvalue weighted by Gasteiger charge is -2.04. The first kappa shape index (κ1) is 20.1. The van der Waals surface area contributed by atoms with Crippen LogP contribution in [-0.2, 0) is 21.2 Å². The Morgan fingerprint density at radius 3 is 2.32 bits per heavy atom. The molecule has 2 aromatic carbocycles. The van der Waals surface area contributed by atoms with Gasteiger partial charge in [-0.05, 0) is 49.4 Å². The molecule has 9 heteroatoms. The second-order valence-corrected chi connectivity index (χ2v) is 8.90. The molecule has 0 spiro atoms. The zero-order valence-electron chi connectivity index (χ0n) is 15.7. The Morgan fingerprint density at radius 1 is 1.07 bits per heavy atom. The molecule has 28 heavy (non-hydrogen) atoms. The SMILES string of the molecule is CCn1c(=NC(=O)CS(=O)(=O)c2ccc(OC)cc2)sc2cc(OC)ccc21. The van der Waals surface area contributed by atoms with Gasteiger partial charge in [-0.3, -0.25) is 4.79 Å². The first-order valence-electron chi connectivity index (χ1n) is 8.49. The van der Waals surface area contributed by atoms with Gasteiger partial charge in [0.25, 0.3) is 5.91 Å². The highest BCUT2D eigenvalue weighted by Gasteiger charge is 2.19. The lowest BCUT2D eigenvalue weighted by Crippen LogP contribution is -2.20. The summed E-state index contributed by atoms with van der Waals surface area (Å²) in [7, 11) is -0.708. The Kier molecular flexibility index (Phi) is 5.85. The van der Waals surface area contributed by atoms with Gasteiger partial charge in [0.15, 0.2) is 14.6 Å². The highest BCUT2D eigenvalue weighted by molar-refractivity contribution is 7.92. The molecule has 0 saturated carbocycles. The summed E-state index contributed by atoms with van der Waals surface area (Å²) in [5.41, 5.74) is 0.915. The fourth-order valence-corrected chi connectivity index (χ4v) is 4.99. The Hall–Kier alpha value is -2.65. The number of thiazole rings is 1. The van der Waals surface area contributed by atoms with Gasteiger partial charge in [-0.2, -0.15) is 4.99 Å².